The van der Waals surface area contributed by atoms with Crippen molar-refractivity contribution in [3.05, 3.63) is 48.8 Å². The largest absolute Gasteiger partial charge is 0.741 e. The summed E-state index contributed by atoms with van der Waals surface area (Å²) in [6, 6.07) is 12.1. The fraction of sp³-hybridized carbons (Fsp3) is 0.143. The standard InChI is InChI=1S/C12H9N5S2.2CHF3O3S/c1-3-7-16-9(5-1)11(14-18-16)13-12-10-6-2-4-8-17(10)19-15-12;2*2-1(3,4)8(5,6)7/h1-8H,(H,13,14,15);2*(H,5,6,7)/q+2;;/p-2. The molecule has 35 heavy (non-hydrogen) atoms. The van der Waals surface area contributed by atoms with Crippen molar-refractivity contribution >= 4 is 66.4 Å². The van der Waals surface area contributed by atoms with E-state index in [2.05, 4.69) is 14.1 Å². The van der Waals surface area contributed by atoms with Gasteiger partial charge in [-0.05, 0) is 24.3 Å². The number of anilines is 2. The molecule has 0 fully saturated rings. The normalized spacial score (nSPS) is 12.5. The average Bonchev–Trinajstić information content (AvgIpc) is 3.31. The minimum absolute atomic E-state index is 0.835. The Morgan fingerprint density at radius 3 is 1.31 bits per heavy atom. The van der Waals surface area contributed by atoms with Gasteiger partial charge < -0.3 is 9.11 Å². The molecular weight excluding hydrogens is 576 g/mol. The zero-order chi connectivity index (χ0) is 26.7. The van der Waals surface area contributed by atoms with Crippen LogP contribution in [0.4, 0.5) is 38.0 Å². The molecule has 0 unspecified atom stereocenters. The van der Waals surface area contributed by atoms with Crippen LogP contribution in [0.2, 0.25) is 0 Å². The highest BCUT2D eigenvalue weighted by atomic mass is 32.2. The number of pyridine rings is 2. The van der Waals surface area contributed by atoms with Crippen LogP contribution in [0.15, 0.2) is 48.8 Å². The van der Waals surface area contributed by atoms with Gasteiger partial charge in [-0.25, -0.2) is 16.8 Å². The molecule has 11 nitrogen and oxygen atoms in total. The van der Waals surface area contributed by atoms with Gasteiger partial charge in [-0.3, -0.25) is 5.32 Å². The number of nitrogens with zero attached hydrogens (tertiary/aromatic N) is 4. The van der Waals surface area contributed by atoms with Gasteiger partial charge in [-0.2, -0.15) is 26.3 Å². The van der Waals surface area contributed by atoms with Gasteiger partial charge in [0.25, 0.3) is 23.5 Å². The molecule has 0 aliphatic heterocycles. The molecule has 4 aromatic heterocycles. The number of halogens is 6. The fourth-order valence-electron chi connectivity index (χ4n) is 1.91. The number of fused-ring (bicyclic) bond motifs is 2. The van der Waals surface area contributed by atoms with Crippen LogP contribution in [0.5, 0.6) is 0 Å². The van der Waals surface area contributed by atoms with E-state index in [1.54, 1.807) is 0 Å². The summed E-state index contributed by atoms with van der Waals surface area (Å²) in [7, 11) is -12.2. The molecule has 0 aliphatic rings. The van der Waals surface area contributed by atoms with E-state index in [-0.39, 0.29) is 0 Å². The number of hydrogen-bond acceptors (Lipinski definition) is 11. The van der Waals surface area contributed by atoms with Crippen LogP contribution in [-0.4, -0.2) is 45.7 Å². The first-order valence-corrected chi connectivity index (χ1v) is 12.5. The Kier molecular flexibility index (Phi) is 8.55. The van der Waals surface area contributed by atoms with E-state index in [4.69, 9.17) is 25.9 Å². The summed E-state index contributed by atoms with van der Waals surface area (Å²) in [5.41, 5.74) is -9.19. The van der Waals surface area contributed by atoms with Crippen molar-refractivity contribution < 1.29 is 59.9 Å². The van der Waals surface area contributed by atoms with E-state index >= 15 is 0 Å². The second-order valence-corrected chi connectivity index (χ2v) is 10.0. The first-order valence-electron chi connectivity index (χ1n) is 8.26. The molecule has 4 heterocycles. The molecule has 192 valence electrons. The topological polar surface area (TPSA) is 160 Å². The maximum absolute atomic E-state index is 10.7. The Morgan fingerprint density at radius 1 is 0.714 bits per heavy atom. The van der Waals surface area contributed by atoms with E-state index < -0.39 is 31.3 Å². The molecule has 0 radical (unpaired) electrons. The quantitative estimate of drug-likeness (QED) is 0.160. The van der Waals surface area contributed by atoms with Crippen molar-refractivity contribution in [2.24, 2.45) is 0 Å². The molecule has 1 N–H and O–H groups in total. The molecule has 0 saturated heterocycles. The summed E-state index contributed by atoms with van der Waals surface area (Å²) in [4.78, 5) is 0. The van der Waals surface area contributed by atoms with E-state index in [1.807, 2.05) is 56.4 Å². The highest BCUT2D eigenvalue weighted by molar-refractivity contribution is 7.86. The Hall–Kier alpha value is -2.72. The molecule has 0 aromatic carbocycles. The van der Waals surface area contributed by atoms with Crippen molar-refractivity contribution in [1.82, 2.24) is 8.75 Å². The van der Waals surface area contributed by atoms with E-state index in [1.165, 1.54) is 23.5 Å². The molecule has 0 bridgehead atoms. The third-order valence-electron chi connectivity index (χ3n) is 3.38. The summed E-state index contributed by atoms with van der Waals surface area (Å²) in [6.07, 6.45) is 3.98. The van der Waals surface area contributed by atoms with Gasteiger partial charge in [0, 0.05) is 8.75 Å². The summed E-state index contributed by atoms with van der Waals surface area (Å²) >= 11 is 2.83. The lowest BCUT2D eigenvalue weighted by Gasteiger charge is -2.08. The SMILES string of the molecule is O=S(=O)([O-])C(F)(F)F.O=S(=O)([O-])C(F)(F)F.c1cc[n+]2snc(Nc3ns[n+]4ccccc34)c2c1. The Morgan fingerprint density at radius 2 is 1.03 bits per heavy atom. The summed E-state index contributed by atoms with van der Waals surface area (Å²) in [5, 5.41) is 3.31. The first-order chi connectivity index (χ1) is 15.9. The number of nitrogens with one attached hydrogen (secondary N) is 1. The van der Waals surface area contributed by atoms with E-state index in [9.17, 15) is 26.3 Å². The van der Waals surface area contributed by atoms with Crippen molar-refractivity contribution in [2.45, 2.75) is 11.0 Å². The van der Waals surface area contributed by atoms with Crippen molar-refractivity contribution in [1.29, 1.82) is 0 Å². The van der Waals surface area contributed by atoms with Gasteiger partial charge >= 0.3 is 22.7 Å². The van der Waals surface area contributed by atoms with E-state index in [0.29, 0.717) is 0 Å². The van der Waals surface area contributed by atoms with Crippen LogP contribution in [0, 0.1) is 0 Å². The third kappa shape index (κ3) is 7.63. The lowest BCUT2D eigenvalue weighted by Crippen LogP contribution is -2.21. The minimum atomic E-state index is -6.09. The monoisotopic (exact) mass is 585 g/mol. The number of aromatic nitrogens is 4. The molecule has 21 heteroatoms. The van der Waals surface area contributed by atoms with Crippen LogP contribution in [-0.2, 0) is 20.2 Å². The van der Waals surface area contributed by atoms with Crippen molar-refractivity contribution in [3.8, 4) is 0 Å². The molecule has 0 atom stereocenters. The van der Waals surface area contributed by atoms with Gasteiger partial charge in [0.05, 0.1) is 0 Å². The van der Waals surface area contributed by atoms with Gasteiger partial charge in [-0.15, -0.1) is 7.58 Å². The molecule has 4 aromatic rings. The smallest absolute Gasteiger partial charge is 0.485 e. The highest BCUT2D eigenvalue weighted by Crippen LogP contribution is 2.22. The van der Waals surface area contributed by atoms with Crippen LogP contribution >= 0.6 is 23.5 Å². The van der Waals surface area contributed by atoms with Gasteiger partial charge in [0.15, 0.2) is 20.2 Å². The van der Waals surface area contributed by atoms with Crippen molar-refractivity contribution in [2.75, 3.05) is 5.32 Å². The summed E-state index contributed by atoms with van der Waals surface area (Å²) in [6.45, 7) is 0. The Bertz CT molecular complexity index is 1400. The van der Waals surface area contributed by atoms with E-state index in [0.717, 1.165) is 22.7 Å². The molecule has 4 rings (SSSR count). The Labute approximate surface area is 200 Å². The summed E-state index contributed by atoms with van der Waals surface area (Å²) in [5.74, 6) is 1.67. The van der Waals surface area contributed by atoms with Crippen LogP contribution < -0.4 is 12.9 Å². The predicted molar refractivity (Wildman–Crippen MR) is 105 cm³/mol. The number of alkyl halides is 6. The maximum atomic E-state index is 10.7. The van der Waals surface area contributed by atoms with Crippen LogP contribution in [0.25, 0.3) is 11.0 Å². The zero-order valence-electron chi connectivity index (χ0n) is 16.3. The van der Waals surface area contributed by atoms with Gasteiger partial charge in [0.1, 0.15) is 12.4 Å². The first kappa shape index (κ1) is 28.5. The highest BCUT2D eigenvalue weighted by Gasteiger charge is 2.37. The van der Waals surface area contributed by atoms with Crippen LogP contribution in [0.3, 0.4) is 0 Å². The van der Waals surface area contributed by atoms with Crippen LogP contribution in [0.1, 0.15) is 0 Å². The summed E-state index contributed by atoms with van der Waals surface area (Å²) < 4.78 is 131. The second kappa shape index (κ2) is 10.5. The Balaban J connectivity index is 0.000000227. The predicted octanol–water partition coefficient (Wildman–Crippen LogP) is 1.92. The lowest BCUT2D eigenvalue weighted by atomic mass is 10.4. The number of rotatable bonds is 2. The average molecular weight is 586 g/mol. The molecule has 0 aliphatic carbocycles. The zero-order valence-corrected chi connectivity index (χ0v) is 19.5. The van der Waals surface area contributed by atoms with Gasteiger partial charge in [-0.1, -0.05) is 12.1 Å². The molecular formula is C14H9F6N5O6S4. The number of hydrogen-bond donors (Lipinski definition) is 1. The van der Waals surface area contributed by atoms with Gasteiger partial charge in [0.2, 0.25) is 11.0 Å². The minimum Gasteiger partial charge on any atom is -0.741 e. The third-order valence-corrected chi connectivity index (χ3v) is 6.03. The maximum Gasteiger partial charge on any atom is 0.485 e. The molecule has 0 amide bonds. The second-order valence-electron chi connectivity index (χ2n) is 5.79. The molecule has 0 spiro atoms. The molecule has 0 saturated carbocycles. The lowest BCUT2D eigenvalue weighted by molar-refractivity contribution is -0.432. The fourth-order valence-corrected chi connectivity index (χ4v) is 3.25. The van der Waals surface area contributed by atoms with Crippen molar-refractivity contribution in [3.63, 3.8) is 0 Å².